The summed E-state index contributed by atoms with van der Waals surface area (Å²) in [7, 11) is 0. The molecule has 0 radical (unpaired) electrons. The van der Waals surface area contributed by atoms with Crippen LogP contribution in [0.5, 0.6) is 0 Å². The highest BCUT2D eigenvalue weighted by atomic mass is 16.1. The lowest BCUT2D eigenvalue weighted by Crippen LogP contribution is -2.05. The van der Waals surface area contributed by atoms with Gasteiger partial charge >= 0.3 is 0 Å². The van der Waals surface area contributed by atoms with Gasteiger partial charge in [0.2, 0.25) is 0 Å². The lowest BCUT2D eigenvalue weighted by molar-refractivity contribution is -0.119. The molecule has 1 aromatic rings. The summed E-state index contributed by atoms with van der Waals surface area (Å²) in [6.07, 6.45) is 5.62. The Morgan fingerprint density at radius 2 is 1.73 bits per heavy atom. The molecule has 0 aromatic heterocycles. The molecule has 1 heteroatoms. The van der Waals surface area contributed by atoms with Gasteiger partial charge in [0.15, 0.2) is 0 Å². The molecule has 1 aromatic carbocycles. The molecule has 2 rings (SSSR count). The largest absolute Gasteiger partial charge is 0.300 e. The molecule has 1 fully saturated rings. The molecule has 0 amide bonds. The summed E-state index contributed by atoms with van der Waals surface area (Å²) in [6.45, 7) is 2.13. The maximum atomic E-state index is 11.1. The Morgan fingerprint density at radius 1 is 1.07 bits per heavy atom. The van der Waals surface area contributed by atoms with Crippen LogP contribution in [0.1, 0.15) is 36.8 Å². The van der Waals surface area contributed by atoms with Crippen LogP contribution in [0.25, 0.3) is 6.08 Å². The molecule has 15 heavy (non-hydrogen) atoms. The Bertz CT molecular complexity index is 390. The molecule has 78 valence electrons. The van der Waals surface area contributed by atoms with Gasteiger partial charge in [-0.1, -0.05) is 35.9 Å². The Labute approximate surface area is 90.8 Å². The van der Waals surface area contributed by atoms with Gasteiger partial charge in [0.1, 0.15) is 5.78 Å². The minimum absolute atomic E-state index is 0.414. The monoisotopic (exact) mass is 200 g/mol. The van der Waals surface area contributed by atoms with Gasteiger partial charge in [0.25, 0.3) is 0 Å². The highest BCUT2D eigenvalue weighted by Gasteiger charge is 2.12. The van der Waals surface area contributed by atoms with E-state index in [0.717, 1.165) is 25.7 Å². The molecule has 0 bridgehead atoms. The Hall–Kier alpha value is -1.37. The van der Waals surface area contributed by atoms with E-state index in [1.165, 1.54) is 16.7 Å². The third-order valence-corrected chi connectivity index (χ3v) is 3.00. The third kappa shape index (κ3) is 2.56. The molecule has 0 spiro atoms. The minimum Gasteiger partial charge on any atom is -0.300 e. The highest BCUT2D eigenvalue weighted by molar-refractivity contribution is 5.80. The summed E-state index contributed by atoms with van der Waals surface area (Å²) in [4.78, 5) is 11.1. The zero-order valence-electron chi connectivity index (χ0n) is 9.12. The molecular weight excluding hydrogens is 184 g/mol. The van der Waals surface area contributed by atoms with E-state index in [2.05, 4.69) is 37.3 Å². The zero-order chi connectivity index (χ0) is 10.7. The van der Waals surface area contributed by atoms with Crippen molar-refractivity contribution in [2.75, 3.05) is 0 Å². The van der Waals surface area contributed by atoms with Gasteiger partial charge in [-0.2, -0.15) is 0 Å². The van der Waals surface area contributed by atoms with Crippen LogP contribution in [0.15, 0.2) is 29.8 Å². The third-order valence-electron chi connectivity index (χ3n) is 3.00. The van der Waals surface area contributed by atoms with Gasteiger partial charge < -0.3 is 0 Å². The SMILES string of the molecule is Cc1ccccc1C=C1CCC(=O)CC1. The van der Waals surface area contributed by atoms with Crippen molar-refractivity contribution in [3.8, 4) is 0 Å². The van der Waals surface area contributed by atoms with Crippen LogP contribution in [0.4, 0.5) is 0 Å². The van der Waals surface area contributed by atoms with Crippen molar-refractivity contribution in [2.45, 2.75) is 32.6 Å². The number of carbonyl (C=O) groups is 1. The first-order valence-corrected chi connectivity index (χ1v) is 5.52. The predicted octanol–water partition coefficient (Wildman–Crippen LogP) is 3.52. The fourth-order valence-electron chi connectivity index (χ4n) is 1.96. The van der Waals surface area contributed by atoms with Crippen LogP contribution in [-0.4, -0.2) is 5.78 Å². The Morgan fingerprint density at radius 3 is 2.40 bits per heavy atom. The van der Waals surface area contributed by atoms with E-state index in [-0.39, 0.29) is 0 Å². The standard InChI is InChI=1S/C14H16O/c1-11-4-2-3-5-13(11)10-12-6-8-14(15)9-7-12/h2-5,10H,6-9H2,1H3. The second-order valence-corrected chi connectivity index (χ2v) is 4.20. The normalized spacial score (nSPS) is 16.6. The molecule has 0 atom stereocenters. The van der Waals surface area contributed by atoms with E-state index in [1.54, 1.807) is 0 Å². The highest BCUT2D eigenvalue weighted by Crippen LogP contribution is 2.23. The van der Waals surface area contributed by atoms with Crippen molar-refractivity contribution in [1.82, 2.24) is 0 Å². The zero-order valence-corrected chi connectivity index (χ0v) is 9.12. The molecule has 0 aliphatic heterocycles. The summed E-state index contributed by atoms with van der Waals surface area (Å²) in [5, 5.41) is 0. The summed E-state index contributed by atoms with van der Waals surface area (Å²) in [5.41, 5.74) is 4.02. The van der Waals surface area contributed by atoms with E-state index in [0.29, 0.717) is 5.78 Å². The van der Waals surface area contributed by atoms with E-state index < -0.39 is 0 Å². The van der Waals surface area contributed by atoms with Crippen molar-refractivity contribution >= 4 is 11.9 Å². The van der Waals surface area contributed by atoms with Gasteiger partial charge in [-0.05, 0) is 30.9 Å². The number of allylic oxidation sites excluding steroid dienone is 1. The van der Waals surface area contributed by atoms with E-state index >= 15 is 0 Å². The molecule has 0 unspecified atom stereocenters. The second kappa shape index (κ2) is 4.43. The second-order valence-electron chi connectivity index (χ2n) is 4.20. The van der Waals surface area contributed by atoms with E-state index in [4.69, 9.17) is 0 Å². The van der Waals surface area contributed by atoms with Crippen LogP contribution in [-0.2, 0) is 4.79 Å². The summed E-state index contributed by atoms with van der Waals surface area (Å²) in [5.74, 6) is 0.414. The Kier molecular flexibility index (Phi) is 3.00. The maximum absolute atomic E-state index is 11.1. The molecule has 1 aliphatic rings. The molecule has 1 aliphatic carbocycles. The summed E-state index contributed by atoms with van der Waals surface area (Å²) in [6, 6.07) is 8.38. The molecule has 0 heterocycles. The number of benzene rings is 1. The topological polar surface area (TPSA) is 17.1 Å². The summed E-state index contributed by atoms with van der Waals surface area (Å²) >= 11 is 0. The van der Waals surface area contributed by atoms with E-state index in [1.807, 2.05) is 0 Å². The van der Waals surface area contributed by atoms with Crippen molar-refractivity contribution < 1.29 is 4.79 Å². The molecule has 1 nitrogen and oxygen atoms in total. The average Bonchev–Trinajstić information content (AvgIpc) is 2.25. The maximum Gasteiger partial charge on any atom is 0.133 e. The van der Waals surface area contributed by atoms with Gasteiger partial charge in [-0.25, -0.2) is 0 Å². The van der Waals surface area contributed by atoms with E-state index in [9.17, 15) is 4.79 Å². The number of hydrogen-bond donors (Lipinski definition) is 0. The summed E-state index contributed by atoms with van der Waals surface area (Å²) < 4.78 is 0. The van der Waals surface area contributed by atoms with Crippen LogP contribution < -0.4 is 0 Å². The number of hydrogen-bond acceptors (Lipinski definition) is 1. The van der Waals surface area contributed by atoms with Gasteiger partial charge in [-0.15, -0.1) is 0 Å². The number of rotatable bonds is 1. The first-order valence-electron chi connectivity index (χ1n) is 5.52. The van der Waals surface area contributed by atoms with Crippen molar-refractivity contribution in [2.24, 2.45) is 0 Å². The first-order chi connectivity index (χ1) is 7.25. The van der Waals surface area contributed by atoms with Crippen molar-refractivity contribution in [3.63, 3.8) is 0 Å². The quantitative estimate of drug-likeness (QED) is 0.678. The lowest BCUT2D eigenvalue weighted by atomic mass is 9.92. The van der Waals surface area contributed by atoms with Gasteiger partial charge in [0, 0.05) is 12.8 Å². The Balaban J connectivity index is 2.17. The van der Waals surface area contributed by atoms with Crippen LogP contribution in [0.2, 0.25) is 0 Å². The lowest BCUT2D eigenvalue weighted by Gasteiger charge is -2.13. The number of ketones is 1. The molecule has 1 saturated carbocycles. The van der Waals surface area contributed by atoms with Crippen LogP contribution in [0, 0.1) is 6.92 Å². The predicted molar refractivity (Wildman–Crippen MR) is 62.6 cm³/mol. The number of aryl methyl sites for hydroxylation is 1. The molecular formula is C14H16O. The van der Waals surface area contributed by atoms with Crippen LogP contribution in [0.3, 0.4) is 0 Å². The van der Waals surface area contributed by atoms with Gasteiger partial charge in [-0.3, -0.25) is 4.79 Å². The van der Waals surface area contributed by atoms with Crippen molar-refractivity contribution in [3.05, 3.63) is 41.0 Å². The fraction of sp³-hybridized carbons (Fsp3) is 0.357. The first kappa shape index (κ1) is 10.2. The number of carbonyl (C=O) groups excluding carboxylic acids is 1. The molecule has 0 N–H and O–H groups in total. The smallest absolute Gasteiger partial charge is 0.133 e. The molecule has 0 saturated heterocycles. The minimum atomic E-state index is 0.414. The fourth-order valence-corrected chi connectivity index (χ4v) is 1.96. The van der Waals surface area contributed by atoms with Gasteiger partial charge in [0.05, 0.1) is 0 Å². The average molecular weight is 200 g/mol. The van der Waals surface area contributed by atoms with Crippen molar-refractivity contribution in [1.29, 1.82) is 0 Å². The van der Waals surface area contributed by atoms with Crippen LogP contribution >= 0.6 is 0 Å². The number of Topliss-reactive ketones (excluding diaryl/α,β-unsaturated/α-hetero) is 1.